The molecule has 0 spiro atoms. The molecule has 0 N–H and O–H groups in total. The third kappa shape index (κ3) is 2.03. The van der Waals surface area contributed by atoms with Crippen LogP contribution in [0, 0.1) is 18.8 Å². The largest absolute Gasteiger partial charge is 0.327 e. The van der Waals surface area contributed by atoms with Gasteiger partial charge in [0, 0.05) is 18.8 Å². The van der Waals surface area contributed by atoms with Gasteiger partial charge in [0.05, 0.1) is 11.0 Å². The second-order valence-corrected chi connectivity index (χ2v) is 5.87. The number of hydrogen-bond donors (Lipinski definition) is 0. The molecule has 2 nitrogen and oxygen atoms in total. The van der Waals surface area contributed by atoms with Crippen molar-refractivity contribution in [2.24, 2.45) is 11.8 Å². The van der Waals surface area contributed by atoms with Crippen molar-refractivity contribution >= 4 is 22.6 Å². The van der Waals surface area contributed by atoms with Gasteiger partial charge in [-0.1, -0.05) is 19.1 Å². The summed E-state index contributed by atoms with van der Waals surface area (Å²) in [4.78, 5) is 4.75. The third-order valence-electron chi connectivity index (χ3n) is 4.06. The lowest BCUT2D eigenvalue weighted by molar-refractivity contribution is 0.584. The second-order valence-electron chi connectivity index (χ2n) is 5.49. The number of rotatable bonds is 4. The molecule has 0 radical (unpaired) electrons. The maximum absolute atomic E-state index is 5.90. The van der Waals surface area contributed by atoms with E-state index in [0.29, 0.717) is 5.88 Å². The van der Waals surface area contributed by atoms with Gasteiger partial charge in [-0.15, -0.1) is 11.6 Å². The molecule has 2 atom stereocenters. The molecule has 3 rings (SSSR count). The summed E-state index contributed by atoms with van der Waals surface area (Å²) >= 11 is 5.90. The summed E-state index contributed by atoms with van der Waals surface area (Å²) in [7, 11) is 0. The van der Waals surface area contributed by atoms with Crippen molar-refractivity contribution in [2.45, 2.75) is 33.2 Å². The zero-order chi connectivity index (χ0) is 12.7. The Morgan fingerprint density at radius 1 is 1.44 bits per heavy atom. The number of imidazole rings is 1. The van der Waals surface area contributed by atoms with E-state index < -0.39 is 0 Å². The highest BCUT2D eigenvalue weighted by atomic mass is 35.5. The number of nitrogens with zero attached hydrogens (tertiary/aromatic N) is 2. The van der Waals surface area contributed by atoms with Gasteiger partial charge in [0.2, 0.25) is 0 Å². The van der Waals surface area contributed by atoms with E-state index in [9.17, 15) is 0 Å². The average molecular weight is 263 g/mol. The van der Waals surface area contributed by atoms with Crippen molar-refractivity contribution < 1.29 is 0 Å². The topological polar surface area (TPSA) is 17.8 Å². The van der Waals surface area contributed by atoms with Crippen molar-refractivity contribution in [3.8, 4) is 0 Å². The first-order valence-electron chi connectivity index (χ1n) is 6.71. The molecule has 3 heteroatoms. The SMILES string of the molecule is Cc1cccc2nc(CCCl)n(CC3CC3C)c12. The zero-order valence-corrected chi connectivity index (χ0v) is 11.7. The van der Waals surface area contributed by atoms with Crippen molar-refractivity contribution in [3.05, 3.63) is 29.6 Å². The number of hydrogen-bond acceptors (Lipinski definition) is 1. The fourth-order valence-electron chi connectivity index (χ4n) is 2.77. The fraction of sp³-hybridized carbons (Fsp3) is 0.533. The van der Waals surface area contributed by atoms with Gasteiger partial charge >= 0.3 is 0 Å². The lowest BCUT2D eigenvalue weighted by Gasteiger charge is -2.09. The van der Waals surface area contributed by atoms with Gasteiger partial charge in [-0.05, 0) is 36.8 Å². The van der Waals surface area contributed by atoms with E-state index in [0.717, 1.165) is 36.1 Å². The third-order valence-corrected chi connectivity index (χ3v) is 4.25. The molecule has 1 aliphatic carbocycles. The van der Waals surface area contributed by atoms with Gasteiger partial charge < -0.3 is 4.57 Å². The minimum Gasteiger partial charge on any atom is -0.327 e. The van der Waals surface area contributed by atoms with Crippen LogP contribution in [0.3, 0.4) is 0 Å². The Balaban J connectivity index is 2.08. The van der Waals surface area contributed by atoms with Crippen LogP contribution in [0.2, 0.25) is 0 Å². The highest BCUT2D eigenvalue weighted by Crippen LogP contribution is 2.40. The first-order valence-corrected chi connectivity index (χ1v) is 7.25. The molecule has 96 valence electrons. The number of alkyl halides is 1. The summed E-state index contributed by atoms with van der Waals surface area (Å²) < 4.78 is 2.40. The molecule has 1 aromatic heterocycles. The average Bonchev–Trinajstić information content (AvgIpc) is 2.90. The highest BCUT2D eigenvalue weighted by Gasteiger charge is 2.33. The summed E-state index contributed by atoms with van der Waals surface area (Å²) in [5, 5.41) is 0. The van der Waals surface area contributed by atoms with Gasteiger partial charge in [0.15, 0.2) is 0 Å². The van der Waals surface area contributed by atoms with Crippen LogP contribution >= 0.6 is 11.6 Å². The van der Waals surface area contributed by atoms with E-state index in [1.165, 1.54) is 17.5 Å². The molecule has 2 aromatic rings. The Kier molecular flexibility index (Phi) is 3.06. The van der Waals surface area contributed by atoms with E-state index in [4.69, 9.17) is 16.6 Å². The van der Waals surface area contributed by atoms with E-state index in [1.54, 1.807) is 0 Å². The molecular formula is C15H19ClN2. The Morgan fingerprint density at radius 2 is 2.22 bits per heavy atom. The molecule has 1 aromatic carbocycles. The van der Waals surface area contributed by atoms with Crippen LogP contribution in [0.5, 0.6) is 0 Å². The second kappa shape index (κ2) is 4.58. The molecule has 0 aliphatic heterocycles. The molecule has 0 bridgehead atoms. The molecule has 0 amide bonds. The zero-order valence-electron chi connectivity index (χ0n) is 11.0. The monoisotopic (exact) mass is 262 g/mol. The van der Waals surface area contributed by atoms with E-state index >= 15 is 0 Å². The van der Waals surface area contributed by atoms with Crippen molar-refractivity contribution in [2.75, 3.05) is 5.88 Å². The minimum absolute atomic E-state index is 0.641. The molecule has 0 saturated heterocycles. The van der Waals surface area contributed by atoms with Gasteiger partial charge in [-0.25, -0.2) is 4.98 Å². The highest BCUT2D eigenvalue weighted by molar-refractivity contribution is 6.17. The number of fused-ring (bicyclic) bond motifs is 1. The first kappa shape index (κ1) is 12.0. The van der Waals surface area contributed by atoms with Crippen LogP contribution in [0.4, 0.5) is 0 Å². The molecule has 2 unspecified atom stereocenters. The molecule has 1 aliphatic rings. The lowest BCUT2D eigenvalue weighted by Crippen LogP contribution is -2.07. The fourth-order valence-corrected chi connectivity index (χ4v) is 2.94. The number of halogens is 1. The van der Waals surface area contributed by atoms with E-state index in [2.05, 4.69) is 36.6 Å². The number of para-hydroxylation sites is 1. The van der Waals surface area contributed by atoms with Gasteiger partial charge in [-0.2, -0.15) is 0 Å². The van der Waals surface area contributed by atoms with Crippen LogP contribution < -0.4 is 0 Å². The maximum Gasteiger partial charge on any atom is 0.111 e. The molecule has 1 heterocycles. The summed E-state index contributed by atoms with van der Waals surface area (Å²) in [5.74, 6) is 3.49. The standard InChI is InChI=1S/C15H19ClN2/c1-10-4-3-5-13-15(10)18(9-12-8-11(12)2)14(17-13)6-7-16/h3-5,11-12H,6-9H2,1-2H3. The lowest BCUT2D eigenvalue weighted by atomic mass is 10.2. The predicted molar refractivity (Wildman–Crippen MR) is 76.2 cm³/mol. The number of aromatic nitrogens is 2. The Hall–Kier alpha value is -1.02. The summed E-state index contributed by atoms with van der Waals surface area (Å²) in [6.07, 6.45) is 2.21. The quantitative estimate of drug-likeness (QED) is 0.767. The molecule has 1 fully saturated rings. The van der Waals surface area contributed by atoms with Crippen LogP contribution in [-0.2, 0) is 13.0 Å². The van der Waals surface area contributed by atoms with Gasteiger partial charge in [-0.3, -0.25) is 0 Å². The Morgan fingerprint density at radius 3 is 2.89 bits per heavy atom. The van der Waals surface area contributed by atoms with Crippen LogP contribution in [-0.4, -0.2) is 15.4 Å². The van der Waals surface area contributed by atoms with Crippen molar-refractivity contribution in [1.29, 1.82) is 0 Å². The number of aryl methyl sites for hydroxylation is 2. The maximum atomic E-state index is 5.90. The van der Waals surface area contributed by atoms with Crippen LogP contribution in [0.15, 0.2) is 18.2 Å². The van der Waals surface area contributed by atoms with Crippen molar-refractivity contribution in [1.82, 2.24) is 9.55 Å². The number of benzene rings is 1. The van der Waals surface area contributed by atoms with Gasteiger partial charge in [0.25, 0.3) is 0 Å². The normalized spacial score (nSPS) is 22.6. The first-order chi connectivity index (χ1) is 8.70. The van der Waals surface area contributed by atoms with Gasteiger partial charge in [0.1, 0.15) is 5.82 Å². The summed E-state index contributed by atoms with van der Waals surface area (Å²) in [6, 6.07) is 6.35. The summed E-state index contributed by atoms with van der Waals surface area (Å²) in [6.45, 7) is 5.61. The van der Waals surface area contributed by atoms with E-state index in [1.807, 2.05) is 0 Å². The molecule has 18 heavy (non-hydrogen) atoms. The molecular weight excluding hydrogens is 244 g/mol. The predicted octanol–water partition coefficient (Wildman–Crippen LogP) is 3.78. The summed E-state index contributed by atoms with van der Waals surface area (Å²) in [5.41, 5.74) is 3.73. The van der Waals surface area contributed by atoms with Crippen LogP contribution in [0.1, 0.15) is 24.7 Å². The van der Waals surface area contributed by atoms with Crippen molar-refractivity contribution in [3.63, 3.8) is 0 Å². The van der Waals surface area contributed by atoms with E-state index in [-0.39, 0.29) is 0 Å². The Bertz CT molecular complexity index is 573. The minimum atomic E-state index is 0.641. The Labute approximate surface area is 113 Å². The van der Waals surface area contributed by atoms with Crippen LogP contribution in [0.25, 0.3) is 11.0 Å². The smallest absolute Gasteiger partial charge is 0.111 e. The molecule has 1 saturated carbocycles.